The van der Waals surface area contributed by atoms with Gasteiger partial charge in [-0.15, -0.1) is 10.2 Å². The van der Waals surface area contributed by atoms with E-state index < -0.39 is 0 Å². The molecule has 4 heteroatoms. The van der Waals surface area contributed by atoms with Crippen LogP contribution in [0.15, 0.2) is 0 Å². The Balaban J connectivity index is 2.19. The van der Waals surface area contributed by atoms with Crippen LogP contribution >= 0.6 is 0 Å². The van der Waals surface area contributed by atoms with Crippen molar-refractivity contribution in [2.24, 2.45) is 11.7 Å². The standard InChI is InChI=1S/C11H20N4/c1-8(2)6-9(7-12)11-14-13-10-4-3-5-15(10)11/h8-9H,3-7,12H2,1-2H3. The summed E-state index contributed by atoms with van der Waals surface area (Å²) in [6, 6.07) is 0. The molecule has 0 bridgehead atoms. The molecular formula is C11H20N4. The largest absolute Gasteiger partial charge is 0.330 e. The van der Waals surface area contributed by atoms with Gasteiger partial charge in [-0.1, -0.05) is 13.8 Å². The molecule has 2 N–H and O–H groups in total. The van der Waals surface area contributed by atoms with Crippen LogP contribution in [-0.2, 0) is 13.0 Å². The first-order valence-corrected chi connectivity index (χ1v) is 5.84. The summed E-state index contributed by atoms with van der Waals surface area (Å²) in [6.07, 6.45) is 3.39. The van der Waals surface area contributed by atoms with E-state index in [1.54, 1.807) is 0 Å². The van der Waals surface area contributed by atoms with Crippen LogP contribution in [0.3, 0.4) is 0 Å². The highest BCUT2D eigenvalue weighted by Gasteiger charge is 2.23. The molecule has 1 unspecified atom stereocenters. The van der Waals surface area contributed by atoms with Crippen molar-refractivity contribution in [1.29, 1.82) is 0 Å². The van der Waals surface area contributed by atoms with Crippen LogP contribution in [0.5, 0.6) is 0 Å². The molecule has 2 rings (SSSR count). The van der Waals surface area contributed by atoms with Crippen molar-refractivity contribution < 1.29 is 0 Å². The molecule has 0 saturated carbocycles. The van der Waals surface area contributed by atoms with Gasteiger partial charge in [0.25, 0.3) is 0 Å². The van der Waals surface area contributed by atoms with Crippen molar-refractivity contribution in [1.82, 2.24) is 14.8 Å². The molecule has 0 aliphatic carbocycles. The zero-order chi connectivity index (χ0) is 10.8. The van der Waals surface area contributed by atoms with Crippen LogP contribution in [0.4, 0.5) is 0 Å². The van der Waals surface area contributed by atoms with Crippen molar-refractivity contribution in [3.05, 3.63) is 11.6 Å². The molecule has 1 aromatic rings. The Bertz CT molecular complexity index is 329. The maximum atomic E-state index is 5.83. The molecule has 4 nitrogen and oxygen atoms in total. The number of rotatable bonds is 4. The summed E-state index contributed by atoms with van der Waals surface area (Å²) in [5.74, 6) is 3.29. The third-order valence-electron chi connectivity index (χ3n) is 3.04. The molecule has 15 heavy (non-hydrogen) atoms. The molecular weight excluding hydrogens is 188 g/mol. The Kier molecular flexibility index (Phi) is 3.05. The number of hydrogen-bond acceptors (Lipinski definition) is 3. The molecule has 0 amide bonds. The van der Waals surface area contributed by atoms with Gasteiger partial charge in [-0.2, -0.15) is 0 Å². The number of nitrogens with zero attached hydrogens (tertiary/aromatic N) is 3. The van der Waals surface area contributed by atoms with Gasteiger partial charge < -0.3 is 10.3 Å². The van der Waals surface area contributed by atoms with Crippen LogP contribution in [-0.4, -0.2) is 21.3 Å². The maximum Gasteiger partial charge on any atom is 0.137 e. The van der Waals surface area contributed by atoms with Crippen LogP contribution in [0, 0.1) is 5.92 Å². The summed E-state index contributed by atoms with van der Waals surface area (Å²) < 4.78 is 2.26. The van der Waals surface area contributed by atoms with E-state index in [2.05, 4.69) is 28.6 Å². The molecule has 1 aliphatic rings. The zero-order valence-corrected chi connectivity index (χ0v) is 9.61. The summed E-state index contributed by atoms with van der Waals surface area (Å²) in [5, 5.41) is 8.53. The minimum Gasteiger partial charge on any atom is -0.330 e. The SMILES string of the molecule is CC(C)CC(CN)c1nnc2n1CCC2. The van der Waals surface area contributed by atoms with Gasteiger partial charge in [0.2, 0.25) is 0 Å². The predicted molar refractivity (Wildman–Crippen MR) is 59.6 cm³/mol. The molecule has 1 atom stereocenters. The van der Waals surface area contributed by atoms with E-state index in [4.69, 9.17) is 5.73 Å². The third kappa shape index (κ3) is 2.04. The van der Waals surface area contributed by atoms with E-state index in [-0.39, 0.29) is 0 Å². The molecule has 0 spiro atoms. The smallest absolute Gasteiger partial charge is 0.137 e. The highest BCUT2D eigenvalue weighted by Crippen LogP contribution is 2.24. The predicted octanol–water partition coefficient (Wildman–Crippen LogP) is 1.31. The van der Waals surface area contributed by atoms with Crippen LogP contribution in [0.2, 0.25) is 0 Å². The summed E-state index contributed by atoms with van der Waals surface area (Å²) in [4.78, 5) is 0. The van der Waals surface area contributed by atoms with Gasteiger partial charge in [0, 0.05) is 25.4 Å². The molecule has 1 aromatic heterocycles. The van der Waals surface area contributed by atoms with Gasteiger partial charge in [0.05, 0.1) is 0 Å². The van der Waals surface area contributed by atoms with Gasteiger partial charge in [-0.25, -0.2) is 0 Å². The lowest BCUT2D eigenvalue weighted by atomic mass is 9.96. The first-order valence-electron chi connectivity index (χ1n) is 5.84. The quantitative estimate of drug-likeness (QED) is 0.811. The van der Waals surface area contributed by atoms with E-state index in [1.165, 1.54) is 6.42 Å². The van der Waals surface area contributed by atoms with Gasteiger partial charge in [-0.05, 0) is 18.8 Å². The van der Waals surface area contributed by atoms with Crippen LogP contribution < -0.4 is 5.73 Å². The Morgan fingerprint density at radius 1 is 1.40 bits per heavy atom. The number of nitrogens with two attached hydrogens (primary N) is 1. The summed E-state index contributed by atoms with van der Waals surface area (Å²) in [7, 11) is 0. The Hall–Kier alpha value is -0.900. The molecule has 0 aromatic carbocycles. The molecule has 2 heterocycles. The van der Waals surface area contributed by atoms with E-state index >= 15 is 0 Å². The van der Waals surface area contributed by atoms with Crippen molar-refractivity contribution >= 4 is 0 Å². The zero-order valence-electron chi connectivity index (χ0n) is 9.61. The normalized spacial score (nSPS) is 17.1. The van der Waals surface area contributed by atoms with E-state index in [0.29, 0.717) is 18.4 Å². The average Bonchev–Trinajstić information content (AvgIpc) is 2.74. The Morgan fingerprint density at radius 2 is 2.20 bits per heavy atom. The first-order chi connectivity index (χ1) is 7.22. The molecule has 84 valence electrons. The van der Waals surface area contributed by atoms with Crippen LogP contribution in [0.1, 0.15) is 44.3 Å². The maximum absolute atomic E-state index is 5.83. The Labute approximate surface area is 90.9 Å². The second-order valence-corrected chi connectivity index (χ2v) is 4.79. The van der Waals surface area contributed by atoms with Gasteiger partial charge in [0.1, 0.15) is 11.6 Å². The number of aromatic nitrogens is 3. The fraction of sp³-hybridized carbons (Fsp3) is 0.818. The lowest BCUT2D eigenvalue weighted by molar-refractivity contribution is 0.471. The second-order valence-electron chi connectivity index (χ2n) is 4.79. The average molecular weight is 208 g/mol. The molecule has 0 saturated heterocycles. The van der Waals surface area contributed by atoms with E-state index in [0.717, 1.165) is 31.0 Å². The Morgan fingerprint density at radius 3 is 2.87 bits per heavy atom. The van der Waals surface area contributed by atoms with Crippen LogP contribution in [0.25, 0.3) is 0 Å². The second kappa shape index (κ2) is 4.31. The highest BCUT2D eigenvalue weighted by molar-refractivity contribution is 5.06. The van der Waals surface area contributed by atoms with Crippen molar-refractivity contribution in [3.8, 4) is 0 Å². The van der Waals surface area contributed by atoms with Gasteiger partial charge in [0.15, 0.2) is 0 Å². The van der Waals surface area contributed by atoms with Crippen molar-refractivity contribution in [2.45, 2.75) is 45.6 Å². The van der Waals surface area contributed by atoms with Gasteiger partial charge in [-0.3, -0.25) is 0 Å². The monoisotopic (exact) mass is 208 g/mol. The lowest BCUT2D eigenvalue weighted by Gasteiger charge is -2.16. The highest BCUT2D eigenvalue weighted by atomic mass is 15.3. The summed E-state index contributed by atoms with van der Waals surface area (Å²) in [6.45, 7) is 6.20. The topological polar surface area (TPSA) is 56.7 Å². The number of fused-ring (bicyclic) bond motifs is 1. The molecule has 0 radical (unpaired) electrons. The van der Waals surface area contributed by atoms with Gasteiger partial charge >= 0.3 is 0 Å². The van der Waals surface area contributed by atoms with E-state index in [1.807, 2.05) is 0 Å². The number of aryl methyl sites for hydroxylation is 1. The number of hydrogen-bond donors (Lipinski definition) is 1. The summed E-state index contributed by atoms with van der Waals surface area (Å²) in [5.41, 5.74) is 5.83. The lowest BCUT2D eigenvalue weighted by Crippen LogP contribution is -2.19. The van der Waals surface area contributed by atoms with Crippen molar-refractivity contribution in [3.63, 3.8) is 0 Å². The minimum atomic E-state index is 0.379. The fourth-order valence-electron chi connectivity index (χ4n) is 2.35. The first kappa shape index (κ1) is 10.6. The van der Waals surface area contributed by atoms with Crippen molar-refractivity contribution in [2.75, 3.05) is 6.54 Å². The fourth-order valence-corrected chi connectivity index (χ4v) is 2.35. The molecule has 0 fully saturated rings. The third-order valence-corrected chi connectivity index (χ3v) is 3.04. The minimum absolute atomic E-state index is 0.379. The summed E-state index contributed by atoms with van der Waals surface area (Å²) >= 11 is 0. The van der Waals surface area contributed by atoms with E-state index in [9.17, 15) is 0 Å². The molecule has 1 aliphatic heterocycles.